The summed E-state index contributed by atoms with van der Waals surface area (Å²) in [4.78, 5) is 26.7. The Kier molecular flexibility index (Phi) is 5.11. The van der Waals surface area contributed by atoms with Crippen molar-refractivity contribution in [1.29, 1.82) is 0 Å². The third-order valence-electron chi connectivity index (χ3n) is 4.72. The van der Waals surface area contributed by atoms with Gasteiger partial charge in [0.15, 0.2) is 11.5 Å². The molecule has 2 aromatic carbocycles. The van der Waals surface area contributed by atoms with Gasteiger partial charge in [-0.3, -0.25) is 9.59 Å². The zero-order valence-electron chi connectivity index (χ0n) is 15.1. The molecule has 0 bridgehead atoms. The van der Waals surface area contributed by atoms with Gasteiger partial charge in [-0.25, -0.2) is 0 Å². The molecule has 0 aromatic heterocycles. The second-order valence-electron chi connectivity index (χ2n) is 6.23. The van der Waals surface area contributed by atoms with Crippen LogP contribution in [0.15, 0.2) is 48.5 Å². The van der Waals surface area contributed by atoms with E-state index in [0.717, 1.165) is 5.56 Å². The third-order valence-corrected chi connectivity index (χ3v) is 4.72. The summed E-state index contributed by atoms with van der Waals surface area (Å²) in [5.41, 5.74) is 1.55. The Morgan fingerprint density at radius 2 is 1.77 bits per heavy atom. The number of carbonyl (C=O) groups excluding carboxylic acids is 2. The van der Waals surface area contributed by atoms with Crippen molar-refractivity contribution in [2.45, 2.75) is 12.5 Å². The van der Waals surface area contributed by atoms with Gasteiger partial charge in [0.1, 0.15) is 0 Å². The van der Waals surface area contributed by atoms with Gasteiger partial charge in [0.05, 0.1) is 26.2 Å². The number of hydrogen-bond donors (Lipinski definition) is 1. The molecule has 3 rings (SSSR count). The van der Waals surface area contributed by atoms with Crippen molar-refractivity contribution < 1.29 is 19.1 Å². The summed E-state index contributed by atoms with van der Waals surface area (Å²) >= 11 is 0. The van der Waals surface area contributed by atoms with E-state index < -0.39 is 5.92 Å². The molecule has 6 nitrogen and oxygen atoms in total. The standard InChI is InChI=1S/C20H22N2O4/c1-22-18(23)12-15(19(22)13-7-5-4-6-8-13)20(24)21-14-9-10-16(25-2)17(11-14)26-3/h4-11,15,19H,12H2,1-3H3,(H,21,24)/t15-,19-/m1/s1. The molecule has 6 heteroatoms. The molecule has 0 radical (unpaired) electrons. The van der Waals surface area contributed by atoms with Crippen LogP contribution in [0, 0.1) is 5.92 Å². The predicted octanol–water partition coefficient (Wildman–Crippen LogP) is 2.86. The molecule has 1 fully saturated rings. The van der Waals surface area contributed by atoms with Gasteiger partial charge in [0, 0.05) is 25.2 Å². The molecule has 1 aliphatic heterocycles. The lowest BCUT2D eigenvalue weighted by Crippen LogP contribution is -2.30. The van der Waals surface area contributed by atoms with Gasteiger partial charge < -0.3 is 19.7 Å². The van der Waals surface area contributed by atoms with Gasteiger partial charge in [-0.05, 0) is 17.7 Å². The van der Waals surface area contributed by atoms with Crippen molar-refractivity contribution in [3.63, 3.8) is 0 Å². The molecule has 1 heterocycles. The number of likely N-dealkylation sites (tertiary alicyclic amines) is 1. The number of methoxy groups -OCH3 is 2. The van der Waals surface area contributed by atoms with E-state index in [9.17, 15) is 9.59 Å². The maximum Gasteiger partial charge on any atom is 0.230 e. The molecular weight excluding hydrogens is 332 g/mol. The number of rotatable bonds is 5. The molecule has 2 aromatic rings. The van der Waals surface area contributed by atoms with Crippen LogP contribution < -0.4 is 14.8 Å². The first-order valence-corrected chi connectivity index (χ1v) is 8.38. The molecule has 2 amide bonds. The van der Waals surface area contributed by atoms with E-state index in [-0.39, 0.29) is 24.3 Å². The summed E-state index contributed by atoms with van der Waals surface area (Å²) < 4.78 is 10.5. The lowest BCUT2D eigenvalue weighted by atomic mass is 9.93. The van der Waals surface area contributed by atoms with Crippen LogP contribution in [0.4, 0.5) is 5.69 Å². The van der Waals surface area contributed by atoms with Gasteiger partial charge >= 0.3 is 0 Å². The fraction of sp³-hybridized carbons (Fsp3) is 0.300. The van der Waals surface area contributed by atoms with Crippen molar-refractivity contribution >= 4 is 17.5 Å². The highest BCUT2D eigenvalue weighted by molar-refractivity contribution is 5.98. The number of nitrogens with one attached hydrogen (secondary N) is 1. The van der Waals surface area contributed by atoms with Gasteiger partial charge in [-0.15, -0.1) is 0 Å². The number of carbonyl (C=O) groups is 2. The Hall–Kier alpha value is -3.02. The summed E-state index contributed by atoms with van der Waals surface area (Å²) in [5.74, 6) is 0.436. The van der Waals surface area contributed by atoms with Gasteiger partial charge in [0.2, 0.25) is 11.8 Å². The minimum atomic E-state index is -0.456. The fourth-order valence-electron chi connectivity index (χ4n) is 3.36. The Labute approximate surface area is 152 Å². The SMILES string of the molecule is COc1ccc(NC(=O)[C@@H]2CC(=O)N(C)[C@@H]2c2ccccc2)cc1OC. The molecular formula is C20H22N2O4. The number of benzene rings is 2. The average molecular weight is 354 g/mol. The van der Waals surface area contributed by atoms with Crippen LogP contribution in [0.25, 0.3) is 0 Å². The fourth-order valence-corrected chi connectivity index (χ4v) is 3.36. The topological polar surface area (TPSA) is 67.9 Å². The van der Waals surface area contributed by atoms with Crippen LogP contribution in [-0.2, 0) is 9.59 Å². The van der Waals surface area contributed by atoms with E-state index in [2.05, 4.69) is 5.32 Å². The summed E-state index contributed by atoms with van der Waals surface area (Å²) in [7, 11) is 4.84. The molecule has 0 spiro atoms. The minimum Gasteiger partial charge on any atom is -0.493 e. The normalized spacial score (nSPS) is 19.3. The van der Waals surface area contributed by atoms with E-state index in [1.165, 1.54) is 0 Å². The molecule has 1 N–H and O–H groups in total. The summed E-state index contributed by atoms with van der Waals surface area (Å²) in [6.07, 6.45) is 0.190. The van der Waals surface area contributed by atoms with E-state index in [1.54, 1.807) is 44.4 Å². The van der Waals surface area contributed by atoms with Crippen LogP contribution in [0.1, 0.15) is 18.0 Å². The Morgan fingerprint density at radius 1 is 1.08 bits per heavy atom. The van der Waals surface area contributed by atoms with Gasteiger partial charge in [0.25, 0.3) is 0 Å². The zero-order chi connectivity index (χ0) is 18.7. The Bertz CT molecular complexity index is 807. The molecule has 26 heavy (non-hydrogen) atoms. The molecule has 0 aliphatic carbocycles. The minimum absolute atomic E-state index is 0.0358. The summed E-state index contributed by atoms with van der Waals surface area (Å²) in [5, 5.41) is 2.90. The summed E-state index contributed by atoms with van der Waals surface area (Å²) in [6, 6.07) is 14.5. The quantitative estimate of drug-likeness (QED) is 0.896. The first kappa shape index (κ1) is 17.8. The van der Waals surface area contributed by atoms with Crippen LogP contribution >= 0.6 is 0 Å². The molecule has 1 aliphatic rings. The Balaban J connectivity index is 1.83. The van der Waals surface area contributed by atoms with E-state index in [0.29, 0.717) is 17.2 Å². The molecule has 1 saturated heterocycles. The highest BCUT2D eigenvalue weighted by Gasteiger charge is 2.42. The number of hydrogen-bond acceptors (Lipinski definition) is 4. The van der Waals surface area contributed by atoms with Crippen LogP contribution in [0.3, 0.4) is 0 Å². The van der Waals surface area contributed by atoms with Crippen molar-refractivity contribution in [1.82, 2.24) is 4.90 Å². The molecule has 136 valence electrons. The second kappa shape index (κ2) is 7.47. The summed E-state index contributed by atoms with van der Waals surface area (Å²) in [6.45, 7) is 0. The van der Waals surface area contributed by atoms with E-state index in [4.69, 9.17) is 9.47 Å². The average Bonchev–Trinajstić information content (AvgIpc) is 2.97. The van der Waals surface area contributed by atoms with Gasteiger partial charge in [-0.2, -0.15) is 0 Å². The van der Waals surface area contributed by atoms with E-state index in [1.807, 2.05) is 30.3 Å². The highest BCUT2D eigenvalue weighted by Crippen LogP contribution is 2.38. The smallest absolute Gasteiger partial charge is 0.230 e. The maximum absolute atomic E-state index is 12.9. The number of anilines is 1. The monoisotopic (exact) mass is 354 g/mol. The lowest BCUT2D eigenvalue weighted by Gasteiger charge is -2.25. The Morgan fingerprint density at radius 3 is 2.42 bits per heavy atom. The van der Waals surface area contributed by atoms with Gasteiger partial charge in [-0.1, -0.05) is 30.3 Å². The zero-order valence-corrected chi connectivity index (χ0v) is 15.1. The first-order valence-electron chi connectivity index (χ1n) is 8.38. The van der Waals surface area contributed by atoms with Crippen LogP contribution in [-0.4, -0.2) is 38.0 Å². The highest BCUT2D eigenvalue weighted by atomic mass is 16.5. The molecule has 2 atom stereocenters. The van der Waals surface area contributed by atoms with Crippen molar-refractivity contribution in [3.8, 4) is 11.5 Å². The van der Waals surface area contributed by atoms with Crippen LogP contribution in [0.2, 0.25) is 0 Å². The van der Waals surface area contributed by atoms with Crippen molar-refractivity contribution in [2.24, 2.45) is 5.92 Å². The maximum atomic E-state index is 12.9. The van der Waals surface area contributed by atoms with Crippen LogP contribution in [0.5, 0.6) is 11.5 Å². The molecule has 0 saturated carbocycles. The van der Waals surface area contributed by atoms with E-state index >= 15 is 0 Å². The number of amides is 2. The predicted molar refractivity (Wildman–Crippen MR) is 98.2 cm³/mol. The largest absolute Gasteiger partial charge is 0.493 e. The van der Waals surface area contributed by atoms with Crippen molar-refractivity contribution in [2.75, 3.05) is 26.6 Å². The number of nitrogens with zero attached hydrogens (tertiary/aromatic N) is 1. The number of ether oxygens (including phenoxy) is 2. The first-order chi connectivity index (χ1) is 12.5. The molecule has 0 unspecified atom stereocenters. The van der Waals surface area contributed by atoms with Crippen molar-refractivity contribution in [3.05, 3.63) is 54.1 Å². The lowest BCUT2D eigenvalue weighted by molar-refractivity contribution is -0.127. The second-order valence-corrected chi connectivity index (χ2v) is 6.23. The third kappa shape index (κ3) is 3.35.